The van der Waals surface area contributed by atoms with Gasteiger partial charge in [0.15, 0.2) is 5.75 Å². The minimum atomic E-state index is -0.0271. The first-order valence-corrected chi connectivity index (χ1v) is 5.36. The first-order valence-electron chi connectivity index (χ1n) is 5.36. The highest BCUT2D eigenvalue weighted by atomic mass is 16.6. The fourth-order valence-electron chi connectivity index (χ4n) is 1.39. The summed E-state index contributed by atoms with van der Waals surface area (Å²) >= 11 is 0. The highest BCUT2D eigenvalue weighted by Crippen LogP contribution is 2.42. The number of benzene rings is 1. The van der Waals surface area contributed by atoms with Crippen LogP contribution in [0.1, 0.15) is 0 Å². The Morgan fingerprint density at radius 2 is 2.00 bits per heavy atom. The minimum absolute atomic E-state index is 0.0143. The van der Waals surface area contributed by atoms with Crippen molar-refractivity contribution in [3.8, 4) is 35.5 Å². The zero-order chi connectivity index (χ0) is 14.4. The number of epoxide rings is 1. The molecule has 0 bridgehead atoms. The van der Waals surface area contributed by atoms with E-state index in [-0.39, 0.29) is 35.7 Å². The molecule has 1 aromatic rings. The van der Waals surface area contributed by atoms with Crippen molar-refractivity contribution >= 4 is 0 Å². The van der Waals surface area contributed by atoms with Crippen molar-refractivity contribution in [2.45, 2.75) is 6.10 Å². The highest BCUT2D eigenvalue weighted by molar-refractivity contribution is 5.56. The van der Waals surface area contributed by atoms with Crippen molar-refractivity contribution in [2.75, 3.05) is 13.2 Å². The maximum absolute atomic E-state index is 8.62. The maximum atomic E-state index is 8.62. The molecule has 20 heavy (non-hydrogen) atoms. The van der Waals surface area contributed by atoms with E-state index in [2.05, 4.69) is 9.75 Å². The molecule has 0 saturated carbocycles. The summed E-state index contributed by atoms with van der Waals surface area (Å²) in [6, 6.07) is 2.57. The van der Waals surface area contributed by atoms with Crippen molar-refractivity contribution in [3.05, 3.63) is 23.7 Å². The molecular formula is C12H7N3O5. The van der Waals surface area contributed by atoms with Gasteiger partial charge in [-0.15, -0.1) is 10.5 Å². The molecule has 1 aliphatic heterocycles. The molecule has 1 heterocycles. The lowest BCUT2D eigenvalue weighted by Gasteiger charge is -2.10. The molecule has 1 fully saturated rings. The van der Waals surface area contributed by atoms with E-state index in [0.717, 1.165) is 0 Å². The van der Waals surface area contributed by atoms with Crippen LogP contribution >= 0.6 is 0 Å². The third-order valence-electron chi connectivity index (χ3n) is 2.27. The lowest BCUT2D eigenvalue weighted by atomic mass is 10.2. The Bertz CT molecular complexity index is 584. The minimum Gasteiger partial charge on any atom is -0.483 e. The van der Waals surface area contributed by atoms with Crippen LogP contribution in [0.3, 0.4) is 0 Å². The van der Waals surface area contributed by atoms with E-state index in [1.807, 2.05) is 0 Å². The van der Waals surface area contributed by atoms with E-state index in [1.54, 1.807) is 0 Å². The molecule has 0 aromatic heterocycles. The first-order chi connectivity index (χ1) is 9.78. The number of hydrogen-bond acceptors (Lipinski definition) is 7. The van der Waals surface area contributed by atoms with Crippen LogP contribution in [0.4, 0.5) is 0 Å². The highest BCUT2D eigenvalue weighted by Gasteiger charge is 2.26. The van der Waals surface area contributed by atoms with Crippen LogP contribution in [0.15, 0.2) is 12.1 Å². The van der Waals surface area contributed by atoms with Gasteiger partial charge < -0.3 is 18.9 Å². The monoisotopic (exact) mass is 273 g/mol. The third-order valence-corrected chi connectivity index (χ3v) is 2.27. The molecule has 0 N–H and O–H groups in total. The van der Waals surface area contributed by atoms with Crippen LogP contribution in [0.25, 0.3) is 5.01 Å². The molecule has 0 radical (unpaired) electrons. The number of hydrogen-bond donors (Lipinski definition) is 0. The second-order valence-electron chi connectivity index (χ2n) is 3.58. The Balaban J connectivity index is 2.34. The summed E-state index contributed by atoms with van der Waals surface area (Å²) in [6.45, 7) is 7.54. The summed E-state index contributed by atoms with van der Waals surface area (Å²) < 4.78 is 19.8. The van der Waals surface area contributed by atoms with Gasteiger partial charge in [0.25, 0.3) is 18.3 Å². The fraction of sp³-hybridized carbons (Fsp3) is 0.250. The summed E-state index contributed by atoms with van der Waals surface area (Å²) in [5, 5.41) is 19.9. The summed E-state index contributed by atoms with van der Waals surface area (Å²) in [6.07, 6.45) is 2.93. The Kier molecular flexibility index (Phi) is 4.08. The van der Waals surface area contributed by atoms with E-state index in [9.17, 15) is 0 Å². The average molecular weight is 273 g/mol. The van der Waals surface area contributed by atoms with Gasteiger partial charge in [-0.2, -0.15) is 11.4 Å². The van der Waals surface area contributed by atoms with Crippen LogP contribution in [0.2, 0.25) is 0 Å². The second kappa shape index (κ2) is 6.14. The van der Waals surface area contributed by atoms with Crippen LogP contribution in [-0.2, 0) is 4.74 Å². The van der Waals surface area contributed by atoms with Gasteiger partial charge in [0, 0.05) is 12.1 Å². The van der Waals surface area contributed by atoms with Crippen LogP contribution in [0.5, 0.6) is 23.0 Å². The van der Waals surface area contributed by atoms with Crippen LogP contribution in [0, 0.1) is 29.6 Å². The Morgan fingerprint density at radius 1 is 1.30 bits per heavy atom. The SMILES string of the molecule is [C-]#[N+]Oc1cc(OC#N)cc(OC#N)c1OCC1CO1. The zero-order valence-corrected chi connectivity index (χ0v) is 10.0. The maximum Gasteiger partial charge on any atom is 0.292 e. The molecular weight excluding hydrogens is 266 g/mol. The third kappa shape index (κ3) is 3.20. The molecule has 0 spiro atoms. The van der Waals surface area contributed by atoms with Crippen molar-refractivity contribution in [1.29, 1.82) is 10.5 Å². The topological polar surface area (TPSA) is 101 Å². The molecule has 100 valence electrons. The van der Waals surface area contributed by atoms with Gasteiger partial charge in [-0.1, -0.05) is 0 Å². The van der Waals surface area contributed by atoms with Crippen molar-refractivity contribution in [2.24, 2.45) is 0 Å². The standard InChI is InChI=1S/C12H7N3O5/c1-15-20-11-3-8(18-6-13)2-10(19-7-14)12(11)17-5-9-4-16-9/h2-3,9H,4-5H2. The number of rotatable bonds is 6. The van der Waals surface area contributed by atoms with Gasteiger partial charge in [-0.05, 0) is 5.01 Å². The predicted octanol–water partition coefficient (Wildman–Crippen LogP) is 1.40. The van der Waals surface area contributed by atoms with Crippen molar-refractivity contribution in [3.63, 3.8) is 0 Å². The molecule has 1 unspecified atom stereocenters. The summed E-state index contributed by atoms with van der Waals surface area (Å²) in [5.74, 6) is 0.105. The van der Waals surface area contributed by atoms with E-state index < -0.39 is 0 Å². The van der Waals surface area contributed by atoms with E-state index in [4.69, 9.17) is 36.1 Å². The van der Waals surface area contributed by atoms with Crippen molar-refractivity contribution < 1.29 is 23.8 Å². The van der Waals surface area contributed by atoms with Crippen LogP contribution < -0.4 is 19.0 Å². The zero-order valence-electron chi connectivity index (χ0n) is 10.0. The average Bonchev–Trinajstić information content (AvgIpc) is 3.23. The summed E-state index contributed by atoms with van der Waals surface area (Å²) in [4.78, 5) is 4.71. The largest absolute Gasteiger partial charge is 0.483 e. The number of nitriles is 2. The lowest BCUT2D eigenvalue weighted by molar-refractivity contribution is 0.247. The summed E-state index contributed by atoms with van der Waals surface area (Å²) in [5.41, 5.74) is 0. The Morgan fingerprint density at radius 3 is 2.60 bits per heavy atom. The number of nitrogens with zero attached hydrogens (tertiary/aromatic N) is 3. The second-order valence-corrected chi connectivity index (χ2v) is 3.58. The molecule has 0 aliphatic carbocycles. The van der Waals surface area contributed by atoms with Crippen molar-refractivity contribution in [1.82, 2.24) is 0 Å². The molecule has 1 atom stereocenters. The molecule has 0 amide bonds. The van der Waals surface area contributed by atoms with E-state index in [1.165, 1.54) is 24.6 Å². The molecule has 8 heteroatoms. The van der Waals surface area contributed by atoms with E-state index in [0.29, 0.717) is 6.61 Å². The summed E-state index contributed by atoms with van der Waals surface area (Å²) in [7, 11) is 0. The Labute approximate surface area is 114 Å². The molecule has 1 saturated heterocycles. The molecule has 1 aliphatic rings. The predicted molar refractivity (Wildman–Crippen MR) is 61.4 cm³/mol. The van der Waals surface area contributed by atoms with Crippen LogP contribution in [-0.4, -0.2) is 19.3 Å². The van der Waals surface area contributed by atoms with Gasteiger partial charge >= 0.3 is 0 Å². The van der Waals surface area contributed by atoms with Gasteiger partial charge in [0.05, 0.1) is 6.61 Å². The quantitative estimate of drug-likeness (QED) is 0.334. The van der Waals surface area contributed by atoms with E-state index >= 15 is 0 Å². The van der Waals surface area contributed by atoms with Gasteiger partial charge in [0.2, 0.25) is 5.75 Å². The van der Waals surface area contributed by atoms with Gasteiger partial charge in [0.1, 0.15) is 18.5 Å². The Hall–Kier alpha value is -3.15. The first kappa shape index (κ1) is 13.3. The molecule has 8 nitrogen and oxygen atoms in total. The van der Waals surface area contributed by atoms with Gasteiger partial charge in [-0.25, -0.2) is 0 Å². The molecule has 1 aromatic carbocycles. The molecule has 2 rings (SSSR count). The lowest BCUT2D eigenvalue weighted by Crippen LogP contribution is -2.06. The fourth-order valence-corrected chi connectivity index (χ4v) is 1.39. The smallest absolute Gasteiger partial charge is 0.292 e. The van der Waals surface area contributed by atoms with Gasteiger partial charge in [-0.3, -0.25) is 0 Å². The number of ether oxygens (including phenoxy) is 4. The normalized spacial score (nSPS) is 15.2.